The van der Waals surface area contributed by atoms with E-state index in [2.05, 4.69) is 20.3 Å². The van der Waals surface area contributed by atoms with E-state index in [1.54, 1.807) is 13.3 Å². The molecule has 2 aromatic rings. The standard InChI is InChI=1S/C11H16ClN5O/c1-6(2)17-5-14-10-8(17)9(13-4-7(3)18)15-11(12)16-10/h5-7,18H,4H2,1-3H3,(H,13,15,16). The van der Waals surface area contributed by atoms with Crippen molar-refractivity contribution < 1.29 is 5.11 Å². The zero-order valence-corrected chi connectivity index (χ0v) is 11.3. The van der Waals surface area contributed by atoms with Gasteiger partial charge in [-0.05, 0) is 32.4 Å². The zero-order chi connectivity index (χ0) is 13.3. The minimum Gasteiger partial charge on any atom is -0.392 e. The van der Waals surface area contributed by atoms with E-state index < -0.39 is 6.10 Å². The third-order valence-corrected chi connectivity index (χ3v) is 2.69. The number of hydrogen-bond donors (Lipinski definition) is 2. The molecule has 0 aliphatic rings. The summed E-state index contributed by atoms with van der Waals surface area (Å²) < 4.78 is 1.97. The largest absolute Gasteiger partial charge is 0.392 e. The van der Waals surface area contributed by atoms with Crippen LogP contribution in [-0.4, -0.2) is 37.3 Å². The van der Waals surface area contributed by atoms with Crippen LogP contribution in [0.1, 0.15) is 26.8 Å². The topological polar surface area (TPSA) is 75.9 Å². The molecule has 0 fully saturated rings. The summed E-state index contributed by atoms with van der Waals surface area (Å²) in [5.41, 5.74) is 1.35. The molecule has 7 heteroatoms. The number of aliphatic hydroxyl groups excluding tert-OH is 1. The van der Waals surface area contributed by atoms with Gasteiger partial charge >= 0.3 is 0 Å². The summed E-state index contributed by atoms with van der Waals surface area (Å²) in [7, 11) is 0. The van der Waals surface area contributed by atoms with Crippen molar-refractivity contribution in [2.45, 2.75) is 32.9 Å². The fourth-order valence-corrected chi connectivity index (χ4v) is 1.84. The van der Waals surface area contributed by atoms with Crippen molar-refractivity contribution >= 4 is 28.6 Å². The molecular weight excluding hydrogens is 254 g/mol. The Morgan fingerprint density at radius 2 is 2.11 bits per heavy atom. The molecule has 0 aliphatic heterocycles. The van der Waals surface area contributed by atoms with E-state index in [4.69, 9.17) is 11.6 Å². The molecule has 1 atom stereocenters. The van der Waals surface area contributed by atoms with Crippen molar-refractivity contribution in [1.82, 2.24) is 19.5 Å². The van der Waals surface area contributed by atoms with Gasteiger partial charge in [-0.2, -0.15) is 9.97 Å². The van der Waals surface area contributed by atoms with Gasteiger partial charge in [-0.15, -0.1) is 0 Å². The number of imidazole rings is 1. The summed E-state index contributed by atoms with van der Waals surface area (Å²) in [5, 5.41) is 12.5. The van der Waals surface area contributed by atoms with Crippen molar-refractivity contribution in [2.75, 3.05) is 11.9 Å². The first-order valence-electron chi connectivity index (χ1n) is 5.81. The van der Waals surface area contributed by atoms with E-state index in [0.717, 1.165) is 5.52 Å². The number of fused-ring (bicyclic) bond motifs is 1. The Hall–Kier alpha value is -1.40. The maximum Gasteiger partial charge on any atom is 0.226 e. The van der Waals surface area contributed by atoms with Crippen molar-refractivity contribution in [3.8, 4) is 0 Å². The molecule has 98 valence electrons. The number of anilines is 1. The minimum atomic E-state index is -0.468. The van der Waals surface area contributed by atoms with Crippen LogP contribution in [0.2, 0.25) is 5.28 Å². The van der Waals surface area contributed by atoms with Crippen molar-refractivity contribution in [2.24, 2.45) is 0 Å². The summed E-state index contributed by atoms with van der Waals surface area (Å²) in [6, 6.07) is 0.242. The molecule has 0 saturated carbocycles. The lowest BCUT2D eigenvalue weighted by Crippen LogP contribution is -2.17. The highest BCUT2D eigenvalue weighted by atomic mass is 35.5. The smallest absolute Gasteiger partial charge is 0.226 e. The molecule has 0 radical (unpaired) electrons. The van der Waals surface area contributed by atoms with Crippen molar-refractivity contribution in [3.63, 3.8) is 0 Å². The fraction of sp³-hybridized carbons (Fsp3) is 0.545. The lowest BCUT2D eigenvalue weighted by Gasteiger charge is -2.13. The molecule has 0 aliphatic carbocycles. The molecular formula is C11H16ClN5O. The highest BCUT2D eigenvalue weighted by molar-refractivity contribution is 6.28. The zero-order valence-electron chi connectivity index (χ0n) is 10.6. The predicted octanol–water partition coefficient (Wildman–Crippen LogP) is 1.85. The maximum atomic E-state index is 9.32. The van der Waals surface area contributed by atoms with Crippen LogP contribution in [0.4, 0.5) is 5.82 Å². The van der Waals surface area contributed by atoms with Gasteiger partial charge in [0.1, 0.15) is 5.52 Å². The van der Waals surface area contributed by atoms with Crippen molar-refractivity contribution in [3.05, 3.63) is 11.6 Å². The normalized spacial score (nSPS) is 13.2. The van der Waals surface area contributed by atoms with Crippen molar-refractivity contribution in [1.29, 1.82) is 0 Å². The highest BCUT2D eigenvalue weighted by Gasteiger charge is 2.14. The average Bonchev–Trinajstić information content (AvgIpc) is 2.69. The summed E-state index contributed by atoms with van der Waals surface area (Å²) >= 11 is 5.85. The van der Waals surface area contributed by atoms with E-state index in [1.807, 2.05) is 18.4 Å². The predicted molar refractivity (Wildman–Crippen MR) is 70.9 cm³/mol. The number of halogens is 1. The first-order chi connectivity index (χ1) is 8.49. The lowest BCUT2D eigenvalue weighted by atomic mass is 10.3. The quantitative estimate of drug-likeness (QED) is 0.829. The Labute approximate surface area is 110 Å². The number of aromatic nitrogens is 4. The number of hydrogen-bond acceptors (Lipinski definition) is 5. The van der Waals surface area contributed by atoms with E-state index in [1.165, 1.54) is 0 Å². The van der Waals surface area contributed by atoms with Gasteiger partial charge in [0.05, 0.1) is 12.4 Å². The number of aliphatic hydroxyl groups is 1. The van der Waals surface area contributed by atoms with Gasteiger partial charge in [-0.1, -0.05) is 0 Å². The Balaban J connectivity index is 2.50. The second-order valence-corrected chi connectivity index (χ2v) is 4.83. The molecule has 0 spiro atoms. The monoisotopic (exact) mass is 269 g/mol. The van der Waals surface area contributed by atoms with E-state index in [0.29, 0.717) is 18.0 Å². The van der Waals surface area contributed by atoms with Crippen LogP contribution in [0.5, 0.6) is 0 Å². The molecule has 2 N–H and O–H groups in total. The van der Waals surface area contributed by atoms with Gasteiger partial charge in [0.15, 0.2) is 11.5 Å². The number of nitrogens with one attached hydrogen (secondary N) is 1. The second kappa shape index (κ2) is 5.07. The molecule has 2 heterocycles. The molecule has 0 bridgehead atoms. The molecule has 0 saturated heterocycles. The van der Waals surface area contributed by atoms with Gasteiger partial charge in [0.25, 0.3) is 0 Å². The molecule has 0 aromatic carbocycles. The first kappa shape index (κ1) is 13.0. The lowest BCUT2D eigenvalue weighted by molar-refractivity contribution is 0.208. The SMILES string of the molecule is CC(O)CNc1nc(Cl)nc2ncn(C(C)C)c12. The number of nitrogens with zero attached hydrogens (tertiary/aromatic N) is 4. The number of rotatable bonds is 4. The third kappa shape index (κ3) is 2.54. The van der Waals surface area contributed by atoms with Gasteiger partial charge in [0, 0.05) is 12.6 Å². The molecule has 1 unspecified atom stereocenters. The summed E-state index contributed by atoms with van der Waals surface area (Å²) in [6.45, 7) is 6.20. The van der Waals surface area contributed by atoms with Gasteiger partial charge < -0.3 is 15.0 Å². The van der Waals surface area contributed by atoms with Crippen LogP contribution in [0.25, 0.3) is 11.2 Å². The molecule has 0 amide bonds. The Kier molecular flexibility index (Phi) is 3.68. The Morgan fingerprint density at radius 1 is 1.39 bits per heavy atom. The molecule has 18 heavy (non-hydrogen) atoms. The van der Waals surface area contributed by atoms with E-state index >= 15 is 0 Å². The molecule has 2 aromatic heterocycles. The summed E-state index contributed by atoms with van der Waals surface area (Å²) in [5.74, 6) is 0.595. The van der Waals surface area contributed by atoms with Crippen LogP contribution in [0, 0.1) is 0 Å². The van der Waals surface area contributed by atoms with E-state index in [-0.39, 0.29) is 11.3 Å². The van der Waals surface area contributed by atoms with Crippen LogP contribution in [0.3, 0.4) is 0 Å². The summed E-state index contributed by atoms with van der Waals surface area (Å²) in [6.07, 6.45) is 1.25. The van der Waals surface area contributed by atoms with Gasteiger partial charge in [0.2, 0.25) is 5.28 Å². The Morgan fingerprint density at radius 3 is 2.72 bits per heavy atom. The van der Waals surface area contributed by atoms with Crippen LogP contribution >= 0.6 is 11.6 Å². The Bertz CT molecular complexity index is 552. The average molecular weight is 270 g/mol. The van der Waals surface area contributed by atoms with Gasteiger partial charge in [-0.3, -0.25) is 0 Å². The molecule has 2 rings (SSSR count). The second-order valence-electron chi connectivity index (χ2n) is 4.49. The van der Waals surface area contributed by atoms with Crippen LogP contribution in [-0.2, 0) is 0 Å². The first-order valence-corrected chi connectivity index (χ1v) is 6.19. The van der Waals surface area contributed by atoms with E-state index in [9.17, 15) is 5.11 Å². The third-order valence-electron chi connectivity index (χ3n) is 2.52. The maximum absolute atomic E-state index is 9.32. The molecule has 6 nitrogen and oxygen atoms in total. The van der Waals surface area contributed by atoms with Crippen LogP contribution < -0.4 is 5.32 Å². The van der Waals surface area contributed by atoms with Crippen LogP contribution in [0.15, 0.2) is 6.33 Å². The highest BCUT2D eigenvalue weighted by Crippen LogP contribution is 2.24. The minimum absolute atomic E-state index is 0.143. The summed E-state index contributed by atoms with van der Waals surface area (Å²) in [4.78, 5) is 12.5. The fourth-order valence-electron chi connectivity index (χ4n) is 1.68. The van der Waals surface area contributed by atoms with Gasteiger partial charge in [-0.25, -0.2) is 4.98 Å².